The quantitative estimate of drug-likeness (QED) is 0.175. The van der Waals surface area contributed by atoms with E-state index in [-0.39, 0.29) is 23.0 Å². The minimum Gasteiger partial charge on any atom is -0.458 e. The summed E-state index contributed by atoms with van der Waals surface area (Å²) in [5, 5.41) is 0. The van der Waals surface area contributed by atoms with E-state index in [0.717, 1.165) is 11.5 Å². The first-order chi connectivity index (χ1) is 23.3. The van der Waals surface area contributed by atoms with Crippen molar-refractivity contribution in [1.82, 2.24) is 0 Å². The lowest BCUT2D eigenvalue weighted by molar-refractivity contribution is 0.479. The highest BCUT2D eigenvalue weighted by Gasteiger charge is 2.47. The molecule has 0 atom stereocenters. The van der Waals surface area contributed by atoms with Crippen LogP contribution in [0.5, 0.6) is 11.5 Å². The summed E-state index contributed by atoms with van der Waals surface area (Å²) in [5.41, 5.74) is 16.7. The Labute approximate surface area is 293 Å². The zero-order chi connectivity index (χ0) is 34.3. The smallest absolute Gasteiger partial charge is 0.251 e. The van der Waals surface area contributed by atoms with Gasteiger partial charge in [-0.05, 0) is 108 Å². The summed E-state index contributed by atoms with van der Waals surface area (Å²) in [5.74, 6) is 1.97. The molecular weight excluding hydrogens is 591 g/mol. The second-order valence-electron chi connectivity index (χ2n) is 16.6. The lowest BCUT2D eigenvalue weighted by Crippen LogP contribution is -2.63. The molecule has 242 valence electrons. The first kappa shape index (κ1) is 31.5. The van der Waals surface area contributed by atoms with E-state index in [2.05, 4.69) is 183 Å². The van der Waals surface area contributed by atoms with Gasteiger partial charge in [-0.25, -0.2) is 0 Å². The SMILES string of the molecule is CC(C)(C)c1ccc2c(c1)B1c3ccc(-c4cc(-c5ccccc5)cc(-c5ccccc5)c4)cc3C(C)(C)c3c(C(C)(C)C)ccc(c31)O2. The average Bonchev–Trinajstić information content (AvgIpc) is 3.09. The fraction of sp³-hybridized carbons (Fsp3) is 0.234. The third-order valence-corrected chi connectivity index (χ3v) is 10.9. The molecule has 0 unspecified atom stereocenters. The highest BCUT2D eigenvalue weighted by molar-refractivity contribution is 6.98. The fourth-order valence-electron chi connectivity index (χ4n) is 8.26. The fourth-order valence-corrected chi connectivity index (χ4v) is 8.26. The Balaban J connectivity index is 1.38. The van der Waals surface area contributed by atoms with Crippen molar-refractivity contribution in [1.29, 1.82) is 0 Å². The second-order valence-corrected chi connectivity index (χ2v) is 16.6. The number of hydrogen-bond donors (Lipinski definition) is 0. The minimum atomic E-state index is -0.238. The van der Waals surface area contributed by atoms with Crippen LogP contribution in [-0.4, -0.2) is 6.71 Å². The molecule has 0 N–H and O–H groups in total. The van der Waals surface area contributed by atoms with Gasteiger partial charge in [0.25, 0.3) is 6.71 Å². The van der Waals surface area contributed by atoms with E-state index in [1.807, 2.05) is 0 Å². The second kappa shape index (κ2) is 11.1. The van der Waals surface area contributed by atoms with Gasteiger partial charge in [0.2, 0.25) is 0 Å². The predicted molar refractivity (Wildman–Crippen MR) is 210 cm³/mol. The van der Waals surface area contributed by atoms with Crippen LogP contribution in [0.3, 0.4) is 0 Å². The summed E-state index contributed by atoms with van der Waals surface area (Å²) in [6.45, 7) is 18.9. The maximum atomic E-state index is 6.77. The van der Waals surface area contributed by atoms with Crippen LogP contribution in [0.1, 0.15) is 77.6 Å². The van der Waals surface area contributed by atoms with Gasteiger partial charge < -0.3 is 4.74 Å². The molecule has 2 heterocycles. The van der Waals surface area contributed by atoms with Gasteiger partial charge in [-0.1, -0.05) is 158 Å². The summed E-state index contributed by atoms with van der Waals surface area (Å²) in [4.78, 5) is 0. The molecular formula is C47H45BO. The van der Waals surface area contributed by atoms with Gasteiger partial charge in [0.1, 0.15) is 11.5 Å². The third kappa shape index (κ3) is 5.24. The lowest BCUT2D eigenvalue weighted by atomic mass is 9.30. The van der Waals surface area contributed by atoms with Crippen molar-refractivity contribution in [2.45, 2.75) is 71.6 Å². The highest BCUT2D eigenvalue weighted by Crippen LogP contribution is 2.45. The van der Waals surface area contributed by atoms with Crippen LogP contribution in [-0.2, 0) is 16.2 Å². The number of ether oxygens (including phenoxy) is 1. The first-order valence-electron chi connectivity index (χ1n) is 17.7. The third-order valence-electron chi connectivity index (χ3n) is 10.9. The number of benzene rings is 6. The average molecular weight is 637 g/mol. The van der Waals surface area contributed by atoms with E-state index in [9.17, 15) is 0 Å². The van der Waals surface area contributed by atoms with E-state index in [0.29, 0.717) is 0 Å². The molecule has 0 saturated carbocycles. The Hall–Kier alpha value is -4.82. The topological polar surface area (TPSA) is 9.23 Å². The van der Waals surface area contributed by atoms with Gasteiger partial charge in [-0.2, -0.15) is 0 Å². The van der Waals surface area contributed by atoms with Crippen molar-refractivity contribution >= 4 is 23.1 Å². The van der Waals surface area contributed by atoms with Crippen LogP contribution in [0.15, 0.2) is 127 Å². The largest absolute Gasteiger partial charge is 0.458 e. The Bertz CT molecular complexity index is 2170. The summed E-state index contributed by atoms with van der Waals surface area (Å²) in [6, 6.07) is 47.3. The lowest BCUT2D eigenvalue weighted by Gasteiger charge is -2.45. The molecule has 6 aromatic rings. The standard InChI is InChI=1S/C47H45BO/c1-45(2,3)36-20-23-41-40(29-36)48-39-22-19-32(28-38(39)47(7,8)43-37(46(4,5)6)21-24-42(49-41)44(43)48)35-26-33(30-15-11-9-12-16-30)25-34(27-35)31-17-13-10-14-18-31/h9-29H,1-8H3. The Kier molecular flexibility index (Phi) is 7.13. The highest BCUT2D eigenvalue weighted by atomic mass is 16.5. The first-order valence-corrected chi connectivity index (χ1v) is 17.7. The van der Waals surface area contributed by atoms with Crippen molar-refractivity contribution in [2.24, 2.45) is 0 Å². The Morgan fingerprint density at radius 2 is 1.06 bits per heavy atom. The normalized spacial score (nSPS) is 14.4. The predicted octanol–water partition coefficient (Wildman–Crippen LogP) is 10.5. The van der Waals surface area contributed by atoms with E-state index in [1.54, 1.807) is 0 Å². The van der Waals surface area contributed by atoms with E-state index < -0.39 is 0 Å². The number of rotatable bonds is 3. The van der Waals surface area contributed by atoms with Crippen LogP contribution in [0, 0.1) is 0 Å². The molecule has 0 fully saturated rings. The van der Waals surface area contributed by atoms with Crippen LogP contribution in [0.2, 0.25) is 0 Å². The summed E-state index contributed by atoms with van der Waals surface area (Å²) in [7, 11) is 0. The molecule has 0 bridgehead atoms. The molecule has 0 spiro atoms. The van der Waals surface area contributed by atoms with Gasteiger partial charge in [-0.15, -0.1) is 0 Å². The molecule has 0 radical (unpaired) electrons. The van der Waals surface area contributed by atoms with Crippen LogP contribution in [0.4, 0.5) is 0 Å². The van der Waals surface area contributed by atoms with E-state index >= 15 is 0 Å². The summed E-state index contributed by atoms with van der Waals surface area (Å²) < 4.78 is 6.77. The summed E-state index contributed by atoms with van der Waals surface area (Å²) in [6.07, 6.45) is 0. The molecule has 0 amide bonds. The van der Waals surface area contributed by atoms with Crippen molar-refractivity contribution in [3.63, 3.8) is 0 Å². The zero-order valence-corrected chi connectivity index (χ0v) is 30.1. The van der Waals surface area contributed by atoms with Crippen molar-refractivity contribution < 1.29 is 4.74 Å². The van der Waals surface area contributed by atoms with Gasteiger partial charge in [0, 0.05) is 5.41 Å². The number of hydrogen-bond acceptors (Lipinski definition) is 1. The van der Waals surface area contributed by atoms with Gasteiger partial charge >= 0.3 is 0 Å². The van der Waals surface area contributed by atoms with Gasteiger partial charge in [0.05, 0.1) is 0 Å². The summed E-state index contributed by atoms with van der Waals surface area (Å²) >= 11 is 0. The molecule has 0 aliphatic carbocycles. The monoisotopic (exact) mass is 636 g/mol. The molecule has 6 aromatic carbocycles. The molecule has 0 saturated heterocycles. The van der Waals surface area contributed by atoms with Crippen LogP contribution < -0.4 is 21.1 Å². The Morgan fingerprint density at radius 1 is 0.490 bits per heavy atom. The van der Waals surface area contributed by atoms with Crippen molar-refractivity contribution in [2.75, 3.05) is 0 Å². The maximum Gasteiger partial charge on any atom is 0.251 e. The molecule has 2 aliphatic rings. The molecule has 2 heteroatoms. The minimum absolute atomic E-state index is 0.0244. The maximum absolute atomic E-state index is 6.77. The van der Waals surface area contributed by atoms with Crippen molar-refractivity contribution in [3.8, 4) is 44.9 Å². The molecule has 0 aromatic heterocycles. The van der Waals surface area contributed by atoms with E-state index in [4.69, 9.17) is 4.74 Å². The van der Waals surface area contributed by atoms with Crippen molar-refractivity contribution in [3.05, 3.63) is 150 Å². The molecule has 8 rings (SSSR count). The molecule has 1 nitrogen and oxygen atoms in total. The zero-order valence-electron chi connectivity index (χ0n) is 30.1. The molecule has 49 heavy (non-hydrogen) atoms. The van der Waals surface area contributed by atoms with E-state index in [1.165, 1.54) is 72.0 Å². The van der Waals surface area contributed by atoms with Crippen LogP contribution in [0.25, 0.3) is 33.4 Å². The Morgan fingerprint density at radius 3 is 1.63 bits per heavy atom. The number of fused-ring (bicyclic) bond motifs is 4. The molecule has 2 aliphatic heterocycles. The van der Waals surface area contributed by atoms with Gasteiger partial charge in [0.15, 0.2) is 0 Å². The van der Waals surface area contributed by atoms with Gasteiger partial charge in [-0.3, -0.25) is 0 Å². The van der Waals surface area contributed by atoms with Crippen LogP contribution >= 0.6 is 0 Å².